The van der Waals surface area contributed by atoms with Crippen LogP contribution in [0.5, 0.6) is 5.75 Å². The number of carbonyl (C=O) groups excluding carboxylic acids is 3. The van der Waals surface area contributed by atoms with Crippen molar-refractivity contribution >= 4 is 28.8 Å². The zero-order valence-electron chi connectivity index (χ0n) is 20.9. The van der Waals surface area contributed by atoms with E-state index in [0.717, 1.165) is 30.2 Å². The minimum Gasteiger partial charge on any atom is -0.484 e. The number of para-hydroxylation sites is 1. The average molecular weight is 493 g/mol. The summed E-state index contributed by atoms with van der Waals surface area (Å²) in [5.41, 5.74) is 1.03. The van der Waals surface area contributed by atoms with E-state index in [1.165, 1.54) is 0 Å². The van der Waals surface area contributed by atoms with Crippen LogP contribution in [-0.2, 0) is 14.3 Å². The molecule has 190 valence electrons. The summed E-state index contributed by atoms with van der Waals surface area (Å²) in [6, 6.07) is 15.8. The Labute approximate surface area is 210 Å². The number of fused-ring (bicyclic) bond motifs is 1. The molecule has 8 nitrogen and oxygen atoms in total. The van der Waals surface area contributed by atoms with Crippen molar-refractivity contribution in [2.24, 2.45) is 0 Å². The van der Waals surface area contributed by atoms with Crippen molar-refractivity contribution in [3.8, 4) is 5.75 Å². The lowest BCUT2D eigenvalue weighted by Gasteiger charge is -2.38. The summed E-state index contributed by atoms with van der Waals surface area (Å²) in [5, 5.41) is 3.72. The van der Waals surface area contributed by atoms with E-state index in [9.17, 15) is 14.4 Å². The molecule has 1 aliphatic rings. The van der Waals surface area contributed by atoms with Gasteiger partial charge in [-0.05, 0) is 76.4 Å². The maximum absolute atomic E-state index is 12.6. The highest BCUT2D eigenvalue weighted by molar-refractivity contribution is 5.91. The topological polar surface area (TPSA) is 98.1 Å². The summed E-state index contributed by atoms with van der Waals surface area (Å²) in [7, 11) is 0. The van der Waals surface area contributed by atoms with Gasteiger partial charge in [-0.25, -0.2) is 4.79 Å². The number of likely N-dealkylation sites (tertiary alicyclic amines) is 1. The lowest BCUT2D eigenvalue weighted by atomic mass is 9.97. The number of nitrogens with zero attached hydrogens (tertiary/aromatic N) is 1. The molecule has 2 aromatic carbocycles. The van der Waals surface area contributed by atoms with Gasteiger partial charge < -0.3 is 24.1 Å². The number of hydrogen-bond acceptors (Lipinski definition) is 6. The second-order valence-electron chi connectivity index (χ2n) is 9.29. The van der Waals surface area contributed by atoms with Gasteiger partial charge in [0.05, 0.1) is 11.6 Å². The SMILES string of the molecule is CC(NC(=O)COC(=O)c1ccc(OCC(=O)N2C(C)CCCC2C)cc1)c1cc2ccccc2o1. The number of rotatable bonds is 8. The third-order valence-electron chi connectivity index (χ3n) is 6.52. The van der Waals surface area contributed by atoms with Crippen molar-refractivity contribution in [3.05, 3.63) is 65.9 Å². The molecular formula is C28H32N2O6. The average Bonchev–Trinajstić information content (AvgIpc) is 3.31. The molecule has 1 aliphatic heterocycles. The molecule has 4 rings (SSSR count). The molecule has 2 amide bonds. The van der Waals surface area contributed by atoms with E-state index in [2.05, 4.69) is 19.2 Å². The van der Waals surface area contributed by atoms with Crippen LogP contribution in [0.1, 0.15) is 62.2 Å². The fourth-order valence-corrected chi connectivity index (χ4v) is 4.60. The van der Waals surface area contributed by atoms with E-state index < -0.39 is 18.5 Å². The van der Waals surface area contributed by atoms with Crippen LogP contribution >= 0.6 is 0 Å². The van der Waals surface area contributed by atoms with Gasteiger partial charge in [0.25, 0.3) is 11.8 Å². The van der Waals surface area contributed by atoms with Gasteiger partial charge in [0, 0.05) is 17.5 Å². The van der Waals surface area contributed by atoms with Gasteiger partial charge >= 0.3 is 5.97 Å². The molecule has 8 heteroatoms. The van der Waals surface area contributed by atoms with Gasteiger partial charge in [0.15, 0.2) is 13.2 Å². The molecule has 1 N–H and O–H groups in total. The number of esters is 1. The van der Waals surface area contributed by atoms with Crippen LogP contribution in [0.15, 0.2) is 59.0 Å². The summed E-state index contributed by atoms with van der Waals surface area (Å²) >= 11 is 0. The van der Waals surface area contributed by atoms with Crippen LogP contribution in [0.2, 0.25) is 0 Å². The van der Waals surface area contributed by atoms with Gasteiger partial charge in [-0.15, -0.1) is 0 Å². The highest BCUT2D eigenvalue weighted by Crippen LogP contribution is 2.24. The lowest BCUT2D eigenvalue weighted by molar-refractivity contribution is -0.139. The molecule has 36 heavy (non-hydrogen) atoms. The van der Waals surface area contributed by atoms with Gasteiger partial charge in [0.1, 0.15) is 17.1 Å². The number of ether oxygens (including phenoxy) is 2. The number of furan rings is 1. The van der Waals surface area contributed by atoms with Crippen LogP contribution in [0.3, 0.4) is 0 Å². The van der Waals surface area contributed by atoms with E-state index in [-0.39, 0.29) is 36.2 Å². The Morgan fingerprint density at radius 3 is 2.42 bits per heavy atom. The maximum atomic E-state index is 12.6. The third-order valence-corrected chi connectivity index (χ3v) is 6.52. The molecule has 0 bridgehead atoms. The first-order valence-corrected chi connectivity index (χ1v) is 12.3. The van der Waals surface area contributed by atoms with Crippen molar-refractivity contribution < 1.29 is 28.3 Å². The highest BCUT2D eigenvalue weighted by atomic mass is 16.5. The first kappa shape index (κ1) is 25.3. The first-order valence-electron chi connectivity index (χ1n) is 12.3. The Morgan fingerprint density at radius 2 is 1.72 bits per heavy atom. The van der Waals surface area contributed by atoms with Gasteiger partial charge in [-0.3, -0.25) is 9.59 Å². The highest BCUT2D eigenvalue weighted by Gasteiger charge is 2.29. The second kappa shape index (κ2) is 11.3. The fraction of sp³-hybridized carbons (Fsp3) is 0.393. The Morgan fingerprint density at radius 1 is 1.03 bits per heavy atom. The fourth-order valence-electron chi connectivity index (χ4n) is 4.60. The van der Waals surface area contributed by atoms with Crippen molar-refractivity contribution in [1.29, 1.82) is 0 Å². The minimum absolute atomic E-state index is 0.0407. The van der Waals surface area contributed by atoms with Crippen molar-refractivity contribution in [1.82, 2.24) is 10.2 Å². The van der Waals surface area contributed by atoms with E-state index in [1.807, 2.05) is 35.2 Å². The van der Waals surface area contributed by atoms with Crippen molar-refractivity contribution in [3.63, 3.8) is 0 Å². The number of amides is 2. The van der Waals surface area contributed by atoms with Gasteiger partial charge in [0.2, 0.25) is 0 Å². The third kappa shape index (κ3) is 6.05. The molecule has 0 radical (unpaired) electrons. The van der Waals surface area contributed by atoms with Crippen molar-refractivity contribution in [2.45, 2.75) is 58.2 Å². The van der Waals surface area contributed by atoms with E-state index in [0.29, 0.717) is 11.5 Å². The Bertz CT molecular complexity index is 1180. The molecule has 0 saturated carbocycles. The van der Waals surface area contributed by atoms with E-state index in [1.54, 1.807) is 31.2 Å². The number of hydrogen-bond donors (Lipinski definition) is 1. The standard InChI is InChI=1S/C28H32N2O6/c1-18-7-6-8-19(2)30(18)27(32)17-34-23-13-11-21(12-14-23)28(33)35-16-26(31)29-20(3)25-15-22-9-4-5-10-24(22)36-25/h4-5,9-15,18-20H,6-8,16-17H2,1-3H3,(H,29,31). The second-order valence-corrected chi connectivity index (χ2v) is 9.29. The van der Waals surface area contributed by atoms with Crippen LogP contribution in [0.25, 0.3) is 11.0 Å². The molecule has 2 heterocycles. The molecule has 3 atom stereocenters. The zero-order chi connectivity index (χ0) is 25.7. The summed E-state index contributed by atoms with van der Waals surface area (Å²) in [6.07, 6.45) is 3.14. The van der Waals surface area contributed by atoms with Crippen LogP contribution in [-0.4, -0.2) is 48.0 Å². The lowest BCUT2D eigenvalue weighted by Crippen LogP contribution is -2.49. The Hall–Kier alpha value is -3.81. The first-order chi connectivity index (χ1) is 17.3. The zero-order valence-corrected chi connectivity index (χ0v) is 20.9. The Kier molecular flexibility index (Phi) is 7.93. The Balaban J connectivity index is 1.23. The maximum Gasteiger partial charge on any atom is 0.338 e. The quantitative estimate of drug-likeness (QED) is 0.460. The number of nitrogens with one attached hydrogen (secondary N) is 1. The van der Waals surface area contributed by atoms with Crippen LogP contribution in [0.4, 0.5) is 0 Å². The summed E-state index contributed by atoms with van der Waals surface area (Å²) in [6.45, 7) is 5.46. The number of benzene rings is 2. The monoisotopic (exact) mass is 492 g/mol. The molecule has 1 saturated heterocycles. The summed E-state index contributed by atoms with van der Waals surface area (Å²) in [4.78, 5) is 39.1. The summed E-state index contributed by atoms with van der Waals surface area (Å²) < 4.78 is 16.5. The van der Waals surface area contributed by atoms with E-state index in [4.69, 9.17) is 13.9 Å². The van der Waals surface area contributed by atoms with Gasteiger partial charge in [-0.1, -0.05) is 18.2 Å². The van der Waals surface area contributed by atoms with Crippen LogP contribution in [0, 0.1) is 0 Å². The molecular weight excluding hydrogens is 460 g/mol. The molecule has 0 spiro atoms. The molecule has 3 aromatic rings. The summed E-state index contributed by atoms with van der Waals surface area (Å²) in [5.74, 6) is 0.000848. The number of carbonyl (C=O) groups is 3. The number of piperidine rings is 1. The van der Waals surface area contributed by atoms with Crippen LogP contribution < -0.4 is 10.1 Å². The smallest absolute Gasteiger partial charge is 0.338 e. The molecule has 0 aliphatic carbocycles. The predicted molar refractivity (Wildman–Crippen MR) is 135 cm³/mol. The van der Waals surface area contributed by atoms with Crippen molar-refractivity contribution in [2.75, 3.05) is 13.2 Å². The minimum atomic E-state index is -0.625. The molecule has 1 aromatic heterocycles. The normalized spacial score (nSPS) is 18.5. The van der Waals surface area contributed by atoms with Gasteiger partial charge in [-0.2, -0.15) is 0 Å². The molecule has 3 unspecified atom stereocenters. The molecule has 1 fully saturated rings. The van der Waals surface area contributed by atoms with E-state index >= 15 is 0 Å². The largest absolute Gasteiger partial charge is 0.484 e. The predicted octanol–water partition coefficient (Wildman–Crippen LogP) is 4.64.